The van der Waals surface area contributed by atoms with E-state index in [1.807, 2.05) is 53.3 Å². The lowest BCUT2D eigenvalue weighted by molar-refractivity contribution is -0.676. The highest BCUT2D eigenvalue weighted by Crippen LogP contribution is 2.31. The van der Waals surface area contributed by atoms with Gasteiger partial charge in [0.1, 0.15) is 11.3 Å². The molecule has 0 bridgehead atoms. The van der Waals surface area contributed by atoms with Gasteiger partial charge in [-0.25, -0.2) is 4.98 Å². The van der Waals surface area contributed by atoms with Crippen molar-refractivity contribution in [1.29, 1.82) is 0 Å². The number of hydrogen-bond acceptors (Lipinski definition) is 5. The second-order valence-corrected chi connectivity index (χ2v) is 7.09. The largest absolute Gasteiger partial charge is 0.596 e. The molecule has 4 heterocycles. The van der Waals surface area contributed by atoms with Crippen LogP contribution >= 0.6 is 0 Å². The number of aryl methyl sites for hydroxylation is 1. The van der Waals surface area contributed by atoms with Crippen LogP contribution in [0.15, 0.2) is 71.6 Å². The topological polar surface area (TPSA) is 88.1 Å². The lowest BCUT2D eigenvalue weighted by Gasteiger charge is -2.04. The zero-order valence-corrected chi connectivity index (χ0v) is 16.1. The standard InChI is InChI=1S/C22H16N6O2/c1-2-26-19-8-7-14(11-15(19)12-23-26)18-9-10-27-22(24-18)17(13-28(27)29)21-16-5-3-4-6-20(16)30-25-21/h3-13H,2H2,1H3. The Morgan fingerprint density at radius 1 is 1.13 bits per heavy atom. The van der Waals surface area contributed by atoms with Gasteiger partial charge in [-0.05, 0) is 37.3 Å². The summed E-state index contributed by atoms with van der Waals surface area (Å²) in [5.74, 6) is 0. The van der Waals surface area contributed by atoms with Crippen molar-refractivity contribution in [1.82, 2.24) is 24.4 Å². The molecule has 8 nitrogen and oxygen atoms in total. The van der Waals surface area contributed by atoms with E-state index in [1.165, 1.54) is 10.7 Å². The van der Waals surface area contributed by atoms with Crippen LogP contribution < -0.4 is 4.85 Å². The molecule has 0 spiro atoms. The maximum atomic E-state index is 12.5. The lowest BCUT2D eigenvalue weighted by Crippen LogP contribution is -2.31. The molecule has 6 aromatic rings. The minimum atomic E-state index is 0.519. The van der Waals surface area contributed by atoms with E-state index in [4.69, 9.17) is 9.51 Å². The number of para-hydroxylation sites is 1. The maximum absolute atomic E-state index is 12.5. The minimum absolute atomic E-state index is 0.519. The van der Waals surface area contributed by atoms with Gasteiger partial charge in [-0.15, -0.1) is 0 Å². The summed E-state index contributed by atoms with van der Waals surface area (Å²) in [6.07, 6.45) is 5.05. The van der Waals surface area contributed by atoms with E-state index in [0.29, 0.717) is 22.5 Å². The van der Waals surface area contributed by atoms with Crippen LogP contribution in [0.4, 0.5) is 0 Å². The molecule has 0 aliphatic rings. The number of fused-ring (bicyclic) bond motifs is 3. The van der Waals surface area contributed by atoms with Gasteiger partial charge < -0.3 is 9.73 Å². The fraction of sp³-hybridized carbons (Fsp3) is 0.0909. The average Bonchev–Trinajstić information content (AvgIpc) is 3.48. The lowest BCUT2D eigenvalue weighted by atomic mass is 10.1. The highest BCUT2D eigenvalue weighted by molar-refractivity contribution is 5.95. The summed E-state index contributed by atoms with van der Waals surface area (Å²) in [4.78, 5) is 5.55. The Kier molecular flexibility index (Phi) is 3.43. The molecule has 0 atom stereocenters. The Morgan fingerprint density at radius 2 is 2.03 bits per heavy atom. The second kappa shape index (κ2) is 6.15. The molecule has 6 rings (SSSR count). The molecule has 2 aromatic carbocycles. The molecule has 8 heteroatoms. The van der Waals surface area contributed by atoms with Crippen LogP contribution in [0.5, 0.6) is 0 Å². The van der Waals surface area contributed by atoms with E-state index in [1.54, 1.807) is 6.20 Å². The Bertz CT molecular complexity index is 1560. The molecule has 0 saturated carbocycles. The SMILES string of the molecule is CCn1ncc2cc(-c3ccn4c(n3)c(-c3noc5ccccc35)c[n+]4[O-])ccc21. The Balaban J connectivity index is 1.55. The van der Waals surface area contributed by atoms with Crippen molar-refractivity contribution >= 4 is 27.5 Å². The van der Waals surface area contributed by atoms with Crippen molar-refractivity contribution in [3.63, 3.8) is 0 Å². The highest BCUT2D eigenvalue weighted by atomic mass is 16.5. The molecule has 0 aliphatic heterocycles. The number of benzene rings is 2. The first-order chi connectivity index (χ1) is 14.7. The monoisotopic (exact) mass is 396 g/mol. The van der Waals surface area contributed by atoms with Gasteiger partial charge >= 0.3 is 0 Å². The molecule has 0 saturated heterocycles. The Hall–Kier alpha value is -4.20. The zero-order chi connectivity index (χ0) is 20.2. The summed E-state index contributed by atoms with van der Waals surface area (Å²) in [7, 11) is 0. The minimum Gasteiger partial charge on any atom is -0.596 e. The first-order valence-corrected chi connectivity index (χ1v) is 9.65. The molecule has 146 valence electrons. The van der Waals surface area contributed by atoms with Crippen LogP contribution in [0.1, 0.15) is 6.92 Å². The van der Waals surface area contributed by atoms with Crippen LogP contribution in [-0.2, 0) is 6.54 Å². The summed E-state index contributed by atoms with van der Waals surface area (Å²) in [5, 5.41) is 22.9. The first kappa shape index (κ1) is 16.7. The van der Waals surface area contributed by atoms with E-state index in [-0.39, 0.29) is 0 Å². The van der Waals surface area contributed by atoms with Crippen molar-refractivity contribution in [3.8, 4) is 22.5 Å². The molecular formula is C22H16N6O2. The fourth-order valence-electron chi connectivity index (χ4n) is 3.89. The molecule has 0 unspecified atom stereocenters. The van der Waals surface area contributed by atoms with Crippen LogP contribution in [0, 0.1) is 5.21 Å². The normalized spacial score (nSPS) is 11.8. The van der Waals surface area contributed by atoms with Gasteiger partial charge in [-0.1, -0.05) is 32.7 Å². The second-order valence-electron chi connectivity index (χ2n) is 7.09. The number of aromatic nitrogens is 6. The van der Waals surface area contributed by atoms with Crippen LogP contribution in [0.3, 0.4) is 0 Å². The van der Waals surface area contributed by atoms with E-state index in [2.05, 4.69) is 23.2 Å². The third-order valence-corrected chi connectivity index (χ3v) is 5.38. The van der Waals surface area contributed by atoms with Crippen LogP contribution in [0.25, 0.3) is 50.0 Å². The van der Waals surface area contributed by atoms with Gasteiger partial charge in [0.05, 0.1) is 29.0 Å². The van der Waals surface area contributed by atoms with Gasteiger partial charge in [0, 0.05) is 17.5 Å². The number of nitrogens with zero attached hydrogens (tertiary/aromatic N) is 6. The molecule has 0 amide bonds. The number of rotatable bonds is 3. The molecule has 4 aromatic heterocycles. The number of hydrogen-bond donors (Lipinski definition) is 0. The predicted molar refractivity (Wildman–Crippen MR) is 112 cm³/mol. The summed E-state index contributed by atoms with van der Waals surface area (Å²) in [6.45, 7) is 2.88. The van der Waals surface area contributed by atoms with Crippen molar-refractivity contribution in [2.24, 2.45) is 0 Å². The molecule has 0 aliphatic carbocycles. The molecule has 30 heavy (non-hydrogen) atoms. The third kappa shape index (κ3) is 2.33. The summed E-state index contributed by atoms with van der Waals surface area (Å²) < 4.78 is 8.84. The van der Waals surface area contributed by atoms with E-state index in [0.717, 1.165) is 38.9 Å². The highest BCUT2D eigenvalue weighted by Gasteiger charge is 2.21. The quantitative estimate of drug-likeness (QED) is 0.335. The van der Waals surface area contributed by atoms with Crippen LogP contribution in [0.2, 0.25) is 0 Å². The smallest absolute Gasteiger partial charge is 0.221 e. The van der Waals surface area contributed by atoms with Gasteiger partial charge in [-0.2, -0.15) is 5.10 Å². The third-order valence-electron chi connectivity index (χ3n) is 5.38. The fourth-order valence-corrected chi connectivity index (χ4v) is 3.89. The van der Waals surface area contributed by atoms with Crippen molar-refractivity contribution < 1.29 is 9.37 Å². The summed E-state index contributed by atoms with van der Waals surface area (Å²) in [5.41, 5.74) is 5.21. The Labute approximate surface area is 170 Å². The van der Waals surface area contributed by atoms with Gasteiger partial charge in [0.2, 0.25) is 11.8 Å². The Morgan fingerprint density at radius 3 is 2.93 bits per heavy atom. The molecular weight excluding hydrogens is 380 g/mol. The van der Waals surface area contributed by atoms with Crippen molar-refractivity contribution in [2.45, 2.75) is 13.5 Å². The van der Waals surface area contributed by atoms with Crippen molar-refractivity contribution in [3.05, 3.63) is 72.3 Å². The van der Waals surface area contributed by atoms with Crippen molar-refractivity contribution in [2.75, 3.05) is 0 Å². The summed E-state index contributed by atoms with van der Waals surface area (Å²) in [6, 6.07) is 15.5. The van der Waals surface area contributed by atoms with Gasteiger partial charge in [0.15, 0.2) is 5.58 Å². The van der Waals surface area contributed by atoms with Gasteiger partial charge in [0.25, 0.3) is 0 Å². The molecule has 0 radical (unpaired) electrons. The van der Waals surface area contributed by atoms with Crippen LogP contribution in [-0.4, -0.2) is 24.4 Å². The van der Waals surface area contributed by atoms with E-state index < -0.39 is 0 Å². The van der Waals surface area contributed by atoms with E-state index in [9.17, 15) is 5.21 Å². The first-order valence-electron chi connectivity index (χ1n) is 9.65. The average molecular weight is 396 g/mol. The van der Waals surface area contributed by atoms with E-state index >= 15 is 0 Å². The summed E-state index contributed by atoms with van der Waals surface area (Å²) >= 11 is 0. The van der Waals surface area contributed by atoms with Gasteiger partial charge in [-0.3, -0.25) is 4.68 Å². The predicted octanol–water partition coefficient (Wildman–Crippen LogP) is 3.81. The molecule has 0 fully saturated rings. The maximum Gasteiger partial charge on any atom is 0.221 e. The zero-order valence-electron chi connectivity index (χ0n) is 16.1. The molecule has 0 N–H and O–H groups in total.